The van der Waals surface area contributed by atoms with E-state index in [0.29, 0.717) is 0 Å². The van der Waals surface area contributed by atoms with Gasteiger partial charge in [-0.2, -0.15) is 65.9 Å². The summed E-state index contributed by atoms with van der Waals surface area (Å²) in [5.41, 5.74) is -22.1. The van der Waals surface area contributed by atoms with E-state index in [4.69, 9.17) is 0 Å². The summed E-state index contributed by atoms with van der Waals surface area (Å²) >= 11 is 0. The van der Waals surface area contributed by atoms with Crippen LogP contribution in [0.4, 0.5) is 74.6 Å². The first-order valence-electron chi connectivity index (χ1n) is 9.01. The summed E-state index contributed by atoms with van der Waals surface area (Å²) < 4.78 is 233. The minimum absolute atomic E-state index is 0.222. The lowest BCUT2D eigenvalue weighted by Gasteiger charge is -2.41. The number of esters is 1. The normalized spacial score (nSPS) is 14.3. The van der Waals surface area contributed by atoms with Crippen molar-refractivity contribution in [1.29, 1.82) is 0 Å². The Labute approximate surface area is 194 Å². The maximum Gasteiger partial charge on any atom is 0.449 e. The second-order valence-electron chi connectivity index (χ2n) is 6.98. The van der Waals surface area contributed by atoms with E-state index in [-0.39, 0.29) is 5.57 Å². The van der Waals surface area contributed by atoms with Crippen LogP contribution in [0.2, 0.25) is 0 Å². The molecule has 0 unspecified atom stereocenters. The van der Waals surface area contributed by atoms with Gasteiger partial charge in [0.25, 0.3) is 0 Å². The van der Waals surface area contributed by atoms with Gasteiger partial charge in [0.15, 0.2) is 0 Å². The third kappa shape index (κ3) is 7.11. The molecule has 0 aliphatic rings. The Kier molecular flexibility index (Phi) is 10.0. The van der Waals surface area contributed by atoms with Crippen LogP contribution in [0.15, 0.2) is 23.5 Å². The van der Waals surface area contributed by atoms with E-state index in [0.717, 1.165) is 6.92 Å². The van der Waals surface area contributed by atoms with Gasteiger partial charge in [0, 0.05) is 5.57 Å². The summed E-state index contributed by atoms with van der Waals surface area (Å²) in [6, 6.07) is 0. The second kappa shape index (κ2) is 10.7. The molecule has 0 aromatic rings. The fraction of sp³-hybridized carbons (Fsp3) is 0.706. The minimum Gasteiger partial charge on any atom is -0.489 e. The van der Waals surface area contributed by atoms with E-state index < -0.39 is 85.6 Å². The lowest BCUT2D eigenvalue weighted by Crippen LogP contribution is -2.66. The fourth-order valence-electron chi connectivity index (χ4n) is 2.40. The first-order chi connectivity index (χ1) is 16.1. The van der Waals surface area contributed by atoms with Gasteiger partial charge >= 0.3 is 48.2 Å². The van der Waals surface area contributed by atoms with E-state index in [1.807, 2.05) is 0 Å². The molecule has 20 heteroatoms. The topological polar surface area (TPSA) is 35.5 Å². The van der Waals surface area contributed by atoms with Gasteiger partial charge in [0.1, 0.15) is 0 Å². The van der Waals surface area contributed by atoms with Gasteiger partial charge in [-0.05, 0) is 19.8 Å². The molecule has 0 radical (unpaired) electrons. The molecule has 0 rings (SSSR count). The molecule has 0 heterocycles. The highest BCUT2D eigenvalue weighted by Crippen LogP contribution is 2.63. The number of ether oxygens (including phenoxy) is 2. The van der Waals surface area contributed by atoms with Crippen molar-refractivity contribution in [3.05, 3.63) is 23.5 Å². The number of carbonyl (C=O) groups excluding carboxylic acids is 1. The lowest BCUT2D eigenvalue weighted by molar-refractivity contribution is -0.366. The van der Waals surface area contributed by atoms with Crippen molar-refractivity contribution in [3.8, 4) is 0 Å². The number of hydrogen-bond donors (Lipinski definition) is 0. The van der Waals surface area contributed by atoms with Crippen molar-refractivity contribution < 1.29 is 88.9 Å². The Morgan fingerprint density at radius 3 is 1.14 bits per heavy atom. The van der Waals surface area contributed by atoms with Crippen molar-refractivity contribution in [2.45, 2.75) is 62.0 Å². The maximum atomic E-state index is 14.4. The Balaban J connectivity index is 7.19. The summed E-state index contributed by atoms with van der Waals surface area (Å²) in [5, 5.41) is 0. The second-order valence-corrected chi connectivity index (χ2v) is 6.98. The molecule has 0 aromatic heterocycles. The predicted molar refractivity (Wildman–Crippen MR) is 85.9 cm³/mol. The highest BCUT2D eigenvalue weighted by Gasteiger charge is 2.87. The van der Waals surface area contributed by atoms with Crippen molar-refractivity contribution in [2.24, 2.45) is 0 Å². The number of hydrogen-bond acceptors (Lipinski definition) is 3. The molecule has 0 fully saturated rings. The molecule has 0 saturated heterocycles. The molecule has 0 aromatic carbocycles. The van der Waals surface area contributed by atoms with Gasteiger partial charge in [0.05, 0.1) is 18.8 Å². The Morgan fingerprint density at radius 1 is 0.595 bits per heavy atom. The lowest BCUT2D eigenvalue weighted by atomic mass is 9.79. The molecule has 0 saturated carbocycles. The summed E-state index contributed by atoms with van der Waals surface area (Å²) in [4.78, 5) is 11.1. The zero-order valence-corrected chi connectivity index (χ0v) is 17.7. The molecule has 0 aliphatic carbocycles. The average Bonchev–Trinajstić information content (AvgIpc) is 2.63. The average molecular weight is 588 g/mol. The number of unbranched alkanes of at least 4 members (excludes halogenated alkanes) is 1. The van der Waals surface area contributed by atoms with E-state index >= 15 is 0 Å². The van der Waals surface area contributed by atoms with Crippen molar-refractivity contribution in [1.82, 2.24) is 0 Å². The number of carbonyl (C=O) groups is 1. The minimum atomic E-state index is -8.21. The van der Waals surface area contributed by atoms with E-state index in [9.17, 15) is 79.4 Å². The highest BCUT2D eigenvalue weighted by molar-refractivity contribution is 5.86. The quantitative estimate of drug-likeness (QED) is 0.0928. The van der Waals surface area contributed by atoms with Crippen LogP contribution in [0.1, 0.15) is 19.8 Å². The molecule has 3 nitrogen and oxygen atoms in total. The molecular weight excluding hydrogens is 575 g/mol. The Morgan fingerprint density at radius 2 is 0.892 bits per heavy atom. The van der Waals surface area contributed by atoms with E-state index in [1.54, 1.807) is 0 Å². The third-order valence-corrected chi connectivity index (χ3v) is 4.10. The van der Waals surface area contributed by atoms with Crippen LogP contribution in [0.5, 0.6) is 0 Å². The van der Waals surface area contributed by atoms with E-state index in [2.05, 4.69) is 16.1 Å². The molecule has 0 aliphatic heterocycles. The van der Waals surface area contributed by atoms with Gasteiger partial charge in [0.2, 0.25) is 5.76 Å². The summed E-state index contributed by atoms with van der Waals surface area (Å²) in [5.74, 6) is -5.62. The smallest absolute Gasteiger partial charge is 0.449 e. The molecule has 0 atom stereocenters. The van der Waals surface area contributed by atoms with Gasteiger partial charge in [-0.1, -0.05) is 6.58 Å². The molecular formula is C17H13F17O3. The van der Waals surface area contributed by atoms with Gasteiger partial charge in [-0.3, -0.25) is 0 Å². The highest BCUT2D eigenvalue weighted by atomic mass is 19.4. The zero-order chi connectivity index (χ0) is 30.1. The molecule has 0 spiro atoms. The number of rotatable bonds is 9. The number of halogens is 17. The van der Waals surface area contributed by atoms with Gasteiger partial charge in [-0.25, -0.2) is 13.6 Å². The third-order valence-electron chi connectivity index (χ3n) is 4.10. The SMILES string of the molecule is C=C(C)C(=O)OCCCCOC(=C(C(F)(C(F)(F)F)C(F)(F)F)C(F)(C(F)(F)F)C(F)(F)F)C(F)(F)F. The largest absolute Gasteiger partial charge is 0.489 e. The molecule has 0 bridgehead atoms. The first-order valence-corrected chi connectivity index (χ1v) is 9.01. The molecule has 218 valence electrons. The predicted octanol–water partition coefficient (Wildman–Crippen LogP) is 7.38. The van der Waals surface area contributed by atoms with Crippen LogP contribution in [-0.4, -0.2) is 61.4 Å². The Bertz CT molecular complexity index is 787. The summed E-state index contributed by atoms with van der Waals surface area (Å²) in [6.07, 6.45) is -41.1. The van der Waals surface area contributed by atoms with Crippen LogP contribution in [-0.2, 0) is 14.3 Å². The first kappa shape index (κ1) is 34.6. The Hall–Kier alpha value is -2.44. The van der Waals surface area contributed by atoms with Crippen LogP contribution in [0, 0.1) is 0 Å². The molecule has 37 heavy (non-hydrogen) atoms. The van der Waals surface area contributed by atoms with Crippen LogP contribution in [0.25, 0.3) is 0 Å². The summed E-state index contributed by atoms with van der Waals surface area (Å²) in [7, 11) is 0. The van der Waals surface area contributed by atoms with Crippen molar-refractivity contribution in [2.75, 3.05) is 13.2 Å². The zero-order valence-electron chi connectivity index (χ0n) is 17.7. The van der Waals surface area contributed by atoms with Crippen LogP contribution in [0.3, 0.4) is 0 Å². The van der Waals surface area contributed by atoms with Crippen molar-refractivity contribution in [3.63, 3.8) is 0 Å². The monoisotopic (exact) mass is 588 g/mol. The van der Waals surface area contributed by atoms with Crippen LogP contribution < -0.4 is 0 Å². The number of allylic oxidation sites excluding steroid dienone is 2. The molecule has 0 N–H and O–H groups in total. The maximum absolute atomic E-state index is 14.4. The molecule has 0 amide bonds. The van der Waals surface area contributed by atoms with Gasteiger partial charge in [-0.15, -0.1) is 0 Å². The van der Waals surface area contributed by atoms with Crippen LogP contribution >= 0.6 is 0 Å². The fourth-order valence-corrected chi connectivity index (χ4v) is 2.40. The van der Waals surface area contributed by atoms with E-state index in [1.165, 1.54) is 0 Å². The van der Waals surface area contributed by atoms with Gasteiger partial charge < -0.3 is 9.47 Å². The number of alkyl halides is 17. The summed E-state index contributed by atoms with van der Waals surface area (Å²) in [6.45, 7) is 1.52. The standard InChI is InChI=1S/C17H13F17O3/c1-7(2)10(35)37-6-4-3-5-36-9(13(20,21)22)8(11(18,14(23,24)25)15(26,27)28)12(19,16(29,30)31)17(32,33)34/h1,3-6H2,2H3. The van der Waals surface area contributed by atoms with Crippen molar-refractivity contribution >= 4 is 5.97 Å².